The van der Waals surface area contributed by atoms with Gasteiger partial charge >= 0.3 is 0 Å². The minimum absolute atomic E-state index is 0.0169. The Bertz CT molecular complexity index is 1020. The standard InChI is InChI=1S/C18H19N5O2/c1-9-3-6-13-14(7-9)22-15(21-13)10(2)20-17(24)12-8-19-16(11-4-5-11)23-18(12)25/h3,6-8,10-11H,4-5H2,1-2H3,(H,20,24)(H,21,22)(H,19,23,25). The molecule has 1 atom stereocenters. The summed E-state index contributed by atoms with van der Waals surface area (Å²) in [6.07, 6.45) is 3.44. The fourth-order valence-electron chi connectivity index (χ4n) is 2.83. The number of nitrogens with zero attached hydrogens (tertiary/aromatic N) is 2. The second kappa shape index (κ2) is 5.84. The molecule has 1 unspecified atom stereocenters. The highest BCUT2D eigenvalue weighted by molar-refractivity contribution is 5.93. The van der Waals surface area contributed by atoms with E-state index in [4.69, 9.17) is 0 Å². The third-order valence-corrected chi connectivity index (χ3v) is 4.44. The van der Waals surface area contributed by atoms with E-state index in [0.717, 1.165) is 29.4 Å². The Balaban J connectivity index is 1.53. The van der Waals surface area contributed by atoms with Crippen molar-refractivity contribution < 1.29 is 4.79 Å². The number of hydrogen-bond donors (Lipinski definition) is 3. The first-order valence-electron chi connectivity index (χ1n) is 8.37. The molecule has 1 aliphatic carbocycles. The molecule has 7 heteroatoms. The average molecular weight is 337 g/mol. The molecule has 1 amide bonds. The van der Waals surface area contributed by atoms with Crippen LogP contribution in [0, 0.1) is 6.92 Å². The molecule has 128 valence electrons. The van der Waals surface area contributed by atoms with Crippen molar-refractivity contribution in [1.82, 2.24) is 25.3 Å². The molecule has 0 bridgehead atoms. The highest BCUT2D eigenvalue weighted by Crippen LogP contribution is 2.37. The van der Waals surface area contributed by atoms with E-state index in [1.807, 2.05) is 32.0 Å². The van der Waals surface area contributed by atoms with Gasteiger partial charge in [-0.3, -0.25) is 9.59 Å². The van der Waals surface area contributed by atoms with E-state index in [9.17, 15) is 9.59 Å². The topological polar surface area (TPSA) is 104 Å². The van der Waals surface area contributed by atoms with Crippen LogP contribution in [0.25, 0.3) is 11.0 Å². The molecular weight excluding hydrogens is 318 g/mol. The minimum atomic E-state index is -0.458. The number of rotatable bonds is 4. The molecule has 1 aromatic carbocycles. The Labute approximate surface area is 143 Å². The maximum absolute atomic E-state index is 12.4. The molecule has 0 saturated heterocycles. The van der Waals surface area contributed by atoms with E-state index in [1.54, 1.807) is 0 Å². The van der Waals surface area contributed by atoms with Crippen molar-refractivity contribution in [3.63, 3.8) is 0 Å². The van der Waals surface area contributed by atoms with Crippen LogP contribution in [-0.2, 0) is 0 Å². The zero-order valence-electron chi connectivity index (χ0n) is 14.1. The largest absolute Gasteiger partial charge is 0.342 e. The van der Waals surface area contributed by atoms with E-state index in [0.29, 0.717) is 17.6 Å². The second-order valence-corrected chi connectivity index (χ2v) is 6.62. The van der Waals surface area contributed by atoms with Gasteiger partial charge in [0.05, 0.1) is 17.1 Å². The van der Waals surface area contributed by atoms with Crippen LogP contribution >= 0.6 is 0 Å². The first kappa shape index (κ1) is 15.6. The Morgan fingerprint density at radius 1 is 1.32 bits per heavy atom. The molecule has 7 nitrogen and oxygen atoms in total. The fourth-order valence-corrected chi connectivity index (χ4v) is 2.83. The number of carbonyl (C=O) groups excluding carboxylic acids is 1. The zero-order valence-corrected chi connectivity index (χ0v) is 14.1. The molecule has 25 heavy (non-hydrogen) atoms. The predicted molar refractivity (Wildman–Crippen MR) is 93.5 cm³/mol. The molecule has 4 rings (SSSR count). The summed E-state index contributed by atoms with van der Waals surface area (Å²) < 4.78 is 0. The number of H-pyrrole nitrogens is 2. The van der Waals surface area contributed by atoms with Crippen LogP contribution in [0.15, 0.2) is 29.2 Å². The molecule has 2 aromatic heterocycles. The molecule has 2 heterocycles. The molecule has 0 aliphatic heterocycles. The van der Waals surface area contributed by atoms with Crippen molar-refractivity contribution in [3.05, 3.63) is 57.5 Å². The van der Waals surface area contributed by atoms with Gasteiger partial charge < -0.3 is 15.3 Å². The lowest BCUT2D eigenvalue weighted by atomic mass is 10.2. The van der Waals surface area contributed by atoms with Crippen LogP contribution in [0.1, 0.15) is 59.3 Å². The van der Waals surface area contributed by atoms with Gasteiger partial charge in [0, 0.05) is 12.1 Å². The van der Waals surface area contributed by atoms with Gasteiger partial charge in [-0.05, 0) is 44.4 Å². The SMILES string of the molecule is Cc1ccc2nc(C(C)NC(=O)c3cnc(C4CC4)[nH]c3=O)[nH]c2c1. The lowest BCUT2D eigenvalue weighted by Crippen LogP contribution is -2.32. The molecule has 1 saturated carbocycles. The van der Waals surface area contributed by atoms with E-state index >= 15 is 0 Å². The molecule has 3 N–H and O–H groups in total. The van der Waals surface area contributed by atoms with Gasteiger partial charge in [0.1, 0.15) is 17.2 Å². The normalized spacial score (nSPS) is 15.3. The number of aromatic amines is 2. The number of nitrogens with one attached hydrogen (secondary N) is 3. The number of fused-ring (bicyclic) bond motifs is 1. The Kier molecular flexibility index (Phi) is 3.63. The number of hydrogen-bond acceptors (Lipinski definition) is 4. The molecule has 1 aliphatic rings. The van der Waals surface area contributed by atoms with Crippen molar-refractivity contribution in [2.45, 2.75) is 38.6 Å². The van der Waals surface area contributed by atoms with Gasteiger partial charge in [0.25, 0.3) is 11.5 Å². The first-order valence-corrected chi connectivity index (χ1v) is 8.37. The Morgan fingerprint density at radius 2 is 2.12 bits per heavy atom. The van der Waals surface area contributed by atoms with Gasteiger partial charge in [0.2, 0.25) is 0 Å². The lowest BCUT2D eigenvalue weighted by molar-refractivity contribution is 0.0936. The Hall–Kier alpha value is -2.96. The number of aromatic nitrogens is 4. The summed E-state index contributed by atoms with van der Waals surface area (Å²) in [6, 6.07) is 5.57. The average Bonchev–Trinajstić information content (AvgIpc) is 3.34. The summed E-state index contributed by atoms with van der Waals surface area (Å²) in [5, 5.41) is 2.80. The summed E-state index contributed by atoms with van der Waals surface area (Å²) >= 11 is 0. The van der Waals surface area contributed by atoms with Gasteiger partial charge in [0.15, 0.2) is 0 Å². The van der Waals surface area contributed by atoms with Gasteiger partial charge in [-0.1, -0.05) is 6.07 Å². The molecule has 3 aromatic rings. The molecule has 0 spiro atoms. The van der Waals surface area contributed by atoms with Gasteiger partial charge in [-0.15, -0.1) is 0 Å². The highest BCUT2D eigenvalue weighted by atomic mass is 16.2. The van der Waals surface area contributed by atoms with Crippen molar-refractivity contribution in [2.75, 3.05) is 0 Å². The molecular formula is C18H19N5O2. The van der Waals surface area contributed by atoms with Crippen LogP contribution < -0.4 is 10.9 Å². The summed E-state index contributed by atoms with van der Waals surface area (Å²) in [5.41, 5.74) is 2.51. The summed E-state index contributed by atoms with van der Waals surface area (Å²) in [4.78, 5) is 39.2. The van der Waals surface area contributed by atoms with E-state index in [2.05, 4.69) is 25.3 Å². The molecule has 0 radical (unpaired) electrons. The predicted octanol–water partition coefficient (Wildman–Crippen LogP) is 2.32. The number of imidazole rings is 1. The smallest absolute Gasteiger partial charge is 0.263 e. The fraction of sp³-hybridized carbons (Fsp3) is 0.333. The number of carbonyl (C=O) groups is 1. The van der Waals surface area contributed by atoms with E-state index in [1.165, 1.54) is 6.20 Å². The summed E-state index contributed by atoms with van der Waals surface area (Å²) in [7, 11) is 0. The minimum Gasteiger partial charge on any atom is -0.342 e. The van der Waals surface area contributed by atoms with Crippen LogP contribution in [0.4, 0.5) is 0 Å². The van der Waals surface area contributed by atoms with Crippen molar-refractivity contribution in [3.8, 4) is 0 Å². The van der Waals surface area contributed by atoms with Crippen LogP contribution in [0.3, 0.4) is 0 Å². The third-order valence-electron chi connectivity index (χ3n) is 4.44. The highest BCUT2D eigenvalue weighted by Gasteiger charge is 2.27. The molecule has 1 fully saturated rings. The number of amides is 1. The number of aryl methyl sites for hydroxylation is 1. The maximum Gasteiger partial charge on any atom is 0.263 e. The third kappa shape index (κ3) is 3.05. The van der Waals surface area contributed by atoms with Crippen molar-refractivity contribution >= 4 is 16.9 Å². The van der Waals surface area contributed by atoms with Crippen LogP contribution in [-0.4, -0.2) is 25.8 Å². The van der Waals surface area contributed by atoms with Crippen LogP contribution in [0.2, 0.25) is 0 Å². The maximum atomic E-state index is 12.4. The monoisotopic (exact) mass is 337 g/mol. The van der Waals surface area contributed by atoms with Crippen LogP contribution in [0.5, 0.6) is 0 Å². The van der Waals surface area contributed by atoms with Gasteiger partial charge in [-0.25, -0.2) is 9.97 Å². The quantitative estimate of drug-likeness (QED) is 0.679. The summed E-state index contributed by atoms with van der Waals surface area (Å²) in [6.45, 7) is 3.83. The van der Waals surface area contributed by atoms with E-state index in [-0.39, 0.29) is 11.6 Å². The van der Waals surface area contributed by atoms with E-state index < -0.39 is 11.5 Å². The number of benzene rings is 1. The first-order chi connectivity index (χ1) is 12.0. The lowest BCUT2D eigenvalue weighted by Gasteiger charge is -2.11. The van der Waals surface area contributed by atoms with Gasteiger partial charge in [-0.2, -0.15) is 0 Å². The van der Waals surface area contributed by atoms with Crippen molar-refractivity contribution in [1.29, 1.82) is 0 Å². The summed E-state index contributed by atoms with van der Waals surface area (Å²) in [5.74, 6) is 1.19. The van der Waals surface area contributed by atoms with Crippen molar-refractivity contribution in [2.24, 2.45) is 0 Å². The zero-order chi connectivity index (χ0) is 17.6. The second-order valence-electron chi connectivity index (χ2n) is 6.62. The Morgan fingerprint density at radius 3 is 2.84 bits per heavy atom.